The summed E-state index contributed by atoms with van der Waals surface area (Å²) in [4.78, 5) is 57.1. The Kier molecular flexibility index (Phi) is 19.6. The molecule has 0 spiro atoms. The van der Waals surface area contributed by atoms with E-state index in [9.17, 15) is 52.8 Å². The molecule has 5 N–H and O–H groups in total. The number of Topliss-reactive ketones (excluding diaryl/α,β-unsaturated/α-hetero) is 1. The topological polar surface area (TPSA) is 232 Å². The summed E-state index contributed by atoms with van der Waals surface area (Å²) in [6.45, 7) is 16.0. The van der Waals surface area contributed by atoms with Crippen molar-refractivity contribution in [3.05, 3.63) is 35.4 Å². The molecule has 2 amide bonds. The van der Waals surface area contributed by atoms with Crippen molar-refractivity contribution in [3.63, 3.8) is 0 Å². The lowest BCUT2D eigenvalue weighted by Gasteiger charge is -2.50. The Bertz CT molecular complexity index is 2030. The number of amides is 2. The molecule has 3 fully saturated rings. The van der Waals surface area contributed by atoms with E-state index in [-0.39, 0.29) is 51.7 Å². The third-order valence-electron chi connectivity index (χ3n) is 16.0. The number of hydrogen-bond acceptors (Lipinski definition) is 16. The Balaban J connectivity index is 1.46. The van der Waals surface area contributed by atoms with Gasteiger partial charge in [-0.15, -0.1) is 0 Å². The van der Waals surface area contributed by atoms with Gasteiger partial charge in [0.1, 0.15) is 35.7 Å². The minimum atomic E-state index is -5.19. The van der Waals surface area contributed by atoms with Gasteiger partial charge in [-0.1, -0.05) is 52.0 Å². The molecule has 0 saturated carbocycles. The smallest absolute Gasteiger partial charge is 0.459 e. The van der Waals surface area contributed by atoms with Crippen molar-refractivity contribution < 1.29 is 85.9 Å². The molecule has 0 bridgehead atoms. The lowest BCUT2D eigenvalue weighted by molar-refractivity contribution is -0.319. The van der Waals surface area contributed by atoms with Crippen molar-refractivity contribution in [3.8, 4) is 0 Å². The summed E-state index contributed by atoms with van der Waals surface area (Å²) in [5.41, 5.74) is -3.44. The fourth-order valence-corrected chi connectivity index (χ4v) is 11.3. The molecule has 3 saturated heterocycles. The van der Waals surface area contributed by atoms with Crippen LogP contribution in [0.5, 0.6) is 0 Å². The summed E-state index contributed by atoms with van der Waals surface area (Å²) in [6, 6.07) is 4.60. The molecule has 1 aromatic rings. The summed E-state index contributed by atoms with van der Waals surface area (Å²) in [6.07, 6.45) is -16.3. The van der Waals surface area contributed by atoms with Crippen LogP contribution in [0.3, 0.4) is 0 Å². The second-order valence-corrected chi connectivity index (χ2v) is 21.4. The monoisotopic (exact) mass is 1030 g/mol. The number of alkyl halides is 3. The molecule has 1 unspecified atom stereocenters. The maximum Gasteiger partial charge on any atom is 0.471 e. The van der Waals surface area contributed by atoms with Crippen LogP contribution in [0.2, 0.25) is 0 Å². The van der Waals surface area contributed by atoms with Gasteiger partial charge in [0, 0.05) is 70.5 Å². The fraction of sp³-hybridized carbons (Fsp3) is 0.804. The number of ether oxygens (including phenoxy) is 7. The van der Waals surface area contributed by atoms with Gasteiger partial charge in [-0.3, -0.25) is 24.1 Å². The van der Waals surface area contributed by atoms with Gasteiger partial charge in [0.25, 0.3) is 0 Å². The minimum absolute atomic E-state index is 0.0236. The van der Waals surface area contributed by atoms with E-state index < -0.39 is 144 Å². The number of rotatable bonds is 12. The molecule has 0 aliphatic carbocycles. The van der Waals surface area contributed by atoms with Gasteiger partial charge in [-0.25, -0.2) is 0 Å². The summed E-state index contributed by atoms with van der Waals surface area (Å²) in [5, 5.41) is 49.3. The van der Waals surface area contributed by atoms with E-state index in [1.807, 2.05) is 0 Å². The quantitative estimate of drug-likeness (QED) is 0.189. The van der Waals surface area contributed by atoms with E-state index >= 15 is 0 Å². The van der Waals surface area contributed by atoms with Crippen LogP contribution in [-0.4, -0.2) is 185 Å². The molecule has 18 nitrogen and oxygen atoms in total. The summed E-state index contributed by atoms with van der Waals surface area (Å²) >= 11 is 0. The number of methoxy groups -OCH3 is 2. The van der Waals surface area contributed by atoms with Crippen molar-refractivity contribution >= 4 is 23.6 Å². The largest absolute Gasteiger partial charge is 0.471 e. The summed E-state index contributed by atoms with van der Waals surface area (Å²) in [5.74, 6) is -8.08. The normalized spacial score (nSPS) is 40.8. The van der Waals surface area contributed by atoms with Gasteiger partial charge >= 0.3 is 18.1 Å². The van der Waals surface area contributed by atoms with Crippen molar-refractivity contribution in [1.82, 2.24) is 15.1 Å². The van der Waals surface area contributed by atoms with E-state index in [0.717, 1.165) is 0 Å². The molecule has 4 aliphatic rings. The van der Waals surface area contributed by atoms with Crippen LogP contribution >= 0.6 is 0 Å². The number of aliphatic hydroxyl groups is 4. The third kappa shape index (κ3) is 12.8. The number of aliphatic hydroxyl groups excluding tert-OH is 3. The minimum Gasteiger partial charge on any atom is -0.459 e. The first-order chi connectivity index (χ1) is 33.5. The molecule has 19 atom stereocenters. The first-order valence-electron chi connectivity index (χ1n) is 25.1. The van der Waals surface area contributed by atoms with Gasteiger partial charge < -0.3 is 63.8 Å². The average molecular weight is 1030 g/mol. The van der Waals surface area contributed by atoms with Crippen LogP contribution < -0.4 is 5.32 Å². The molecule has 72 heavy (non-hydrogen) atoms. The first-order valence-corrected chi connectivity index (χ1v) is 25.1. The molecule has 410 valence electrons. The number of carbonyl (C=O) groups is 4. The predicted octanol–water partition coefficient (Wildman–Crippen LogP) is 3.44. The number of esters is 1. The highest BCUT2D eigenvalue weighted by Gasteiger charge is 2.55. The second kappa shape index (κ2) is 23.7. The Hall–Kier alpha value is -3.35. The van der Waals surface area contributed by atoms with Crippen molar-refractivity contribution in [2.24, 2.45) is 23.7 Å². The second-order valence-electron chi connectivity index (χ2n) is 21.4. The molecule has 0 radical (unpaired) electrons. The SMILES string of the molecule is CC[C@H]1OC(=O)[C@H](C)[C@@H](O[C@H]2C[C@@](C)(OC)[C@@H](O)[C@H](C)O2)[C@H](C)[C@@H](O[C@H]2O[C@H](C)C[C@H](N(C)CCNC(=O)C3Cc4ccccc4CN3C(=O)C(F)(F)F)[C@H]2O)[C@](C)(OC)C[C@@H](C)C(=O)[C@H](C)[C@@H](O)[C@]1(C)O. The zero-order valence-electron chi connectivity index (χ0n) is 44.0. The van der Waals surface area contributed by atoms with E-state index in [2.05, 4.69) is 5.32 Å². The lowest BCUT2D eigenvalue weighted by atomic mass is 9.74. The third-order valence-corrected chi connectivity index (χ3v) is 16.0. The van der Waals surface area contributed by atoms with Crippen molar-refractivity contribution in [2.45, 2.75) is 204 Å². The zero-order valence-corrected chi connectivity index (χ0v) is 44.0. The number of likely N-dealkylation sites (N-methyl/N-ethyl adjacent to an activating group) is 1. The molecule has 4 aliphatic heterocycles. The zero-order chi connectivity index (χ0) is 54.0. The van der Waals surface area contributed by atoms with E-state index in [0.29, 0.717) is 16.0 Å². The lowest BCUT2D eigenvalue weighted by Crippen LogP contribution is -2.62. The van der Waals surface area contributed by atoms with E-state index in [1.165, 1.54) is 28.1 Å². The number of nitrogens with one attached hydrogen (secondary N) is 1. The summed E-state index contributed by atoms with van der Waals surface area (Å²) < 4.78 is 85.5. The summed E-state index contributed by atoms with van der Waals surface area (Å²) in [7, 11) is 4.59. The maximum atomic E-state index is 14.4. The standard InChI is InChI=1S/C51H80F3N3O15/c1-14-36-50(10,65)41(60)28(4)38(58)26(2)23-49(9,67-13)43(29(5)40(30(6)45(63)70-36)71-37-24-48(8,66-12)42(61)31(7)69-37)72-46-39(59)34(21-27(3)68-46)56(11)20-19-55-44(62)35-22-32-17-15-16-18-33(32)25-57(35)47(64)51(52,53)54/h15-18,26-31,34-37,39-43,46,59-61,65H,14,19-25H2,1-13H3,(H,55,62)/t26-,27-,28+,29+,30-,31+,34+,35?,36-,37+,39-,40+,41-,42+,43-,46-,48-,49-,50-/m1/s1. The predicted molar refractivity (Wildman–Crippen MR) is 254 cm³/mol. The number of benzene rings is 1. The Labute approximate surface area is 421 Å². The number of ketones is 1. The van der Waals surface area contributed by atoms with Crippen LogP contribution in [0.4, 0.5) is 13.2 Å². The Morgan fingerprint density at radius 3 is 2.12 bits per heavy atom. The highest BCUT2D eigenvalue weighted by Crippen LogP contribution is 2.42. The van der Waals surface area contributed by atoms with Crippen LogP contribution in [0, 0.1) is 23.7 Å². The highest BCUT2D eigenvalue weighted by atomic mass is 19.4. The van der Waals surface area contributed by atoms with Crippen molar-refractivity contribution in [1.29, 1.82) is 0 Å². The molecule has 21 heteroatoms. The fourth-order valence-electron chi connectivity index (χ4n) is 11.3. The number of nitrogens with zero attached hydrogens (tertiary/aromatic N) is 2. The van der Waals surface area contributed by atoms with Gasteiger partial charge in [0.15, 0.2) is 12.6 Å². The number of cyclic esters (lactones) is 1. The Morgan fingerprint density at radius 1 is 0.903 bits per heavy atom. The van der Waals surface area contributed by atoms with Crippen LogP contribution in [0.1, 0.15) is 106 Å². The number of halogens is 3. The van der Waals surface area contributed by atoms with Crippen LogP contribution in [0.15, 0.2) is 24.3 Å². The molecule has 4 heterocycles. The average Bonchev–Trinajstić information content (AvgIpc) is 3.33. The molecule has 1 aromatic carbocycles. The number of hydrogen-bond donors (Lipinski definition) is 5. The van der Waals surface area contributed by atoms with Gasteiger partial charge in [-0.05, 0) is 79.0 Å². The van der Waals surface area contributed by atoms with Gasteiger partial charge in [-0.2, -0.15) is 13.2 Å². The molecular weight excluding hydrogens is 952 g/mol. The van der Waals surface area contributed by atoms with Crippen LogP contribution in [0.25, 0.3) is 0 Å². The highest BCUT2D eigenvalue weighted by molar-refractivity contribution is 5.90. The van der Waals surface area contributed by atoms with Gasteiger partial charge in [0.05, 0.1) is 47.6 Å². The van der Waals surface area contributed by atoms with Gasteiger partial charge in [0.2, 0.25) is 5.91 Å². The van der Waals surface area contributed by atoms with E-state index in [4.69, 9.17) is 33.2 Å². The molecule has 0 aromatic heterocycles. The van der Waals surface area contributed by atoms with Crippen LogP contribution in [-0.2, 0) is 65.3 Å². The molecule has 5 rings (SSSR count). The Morgan fingerprint density at radius 2 is 1.53 bits per heavy atom. The first kappa shape index (κ1) is 59.5. The maximum absolute atomic E-state index is 14.4. The van der Waals surface area contributed by atoms with Crippen molar-refractivity contribution in [2.75, 3.05) is 34.4 Å². The van der Waals surface area contributed by atoms with E-state index in [1.54, 1.807) is 91.6 Å². The number of fused-ring (bicyclic) bond motifs is 1. The molecular formula is C51H80F3N3O15. The number of carbonyl (C=O) groups excluding carboxylic acids is 4.